The van der Waals surface area contributed by atoms with E-state index in [1.807, 2.05) is 13.8 Å². The van der Waals surface area contributed by atoms with Crippen LogP contribution in [0, 0.1) is 11.8 Å². The second-order valence-electron chi connectivity index (χ2n) is 5.06. The van der Waals surface area contributed by atoms with Crippen LogP contribution in [-0.2, 0) is 14.4 Å². The first-order valence-corrected chi connectivity index (χ1v) is 6.37. The first kappa shape index (κ1) is 13.1. The van der Waals surface area contributed by atoms with Crippen molar-refractivity contribution < 1.29 is 19.5 Å². The highest BCUT2D eigenvalue weighted by molar-refractivity contribution is 5.84. The quantitative estimate of drug-likeness (QED) is 0.808. The summed E-state index contributed by atoms with van der Waals surface area (Å²) >= 11 is 0. The van der Waals surface area contributed by atoms with Gasteiger partial charge in [0.05, 0.1) is 19.1 Å². The molecule has 0 aromatic rings. The van der Waals surface area contributed by atoms with Crippen LogP contribution in [0.25, 0.3) is 0 Å². The molecule has 2 atom stereocenters. The predicted octanol–water partition coefficient (Wildman–Crippen LogP) is 0.778. The summed E-state index contributed by atoms with van der Waals surface area (Å²) in [5, 5.41) is 13.3. The third-order valence-electron chi connectivity index (χ3n) is 3.46. The zero-order valence-electron chi connectivity index (χ0n) is 10.8. The van der Waals surface area contributed by atoms with Gasteiger partial charge in [0.2, 0.25) is 0 Å². The molecule has 2 aliphatic heterocycles. The Labute approximate surface area is 107 Å². The molecule has 0 amide bonds. The van der Waals surface area contributed by atoms with Gasteiger partial charge in [0.15, 0.2) is 0 Å². The molecule has 0 bridgehead atoms. The number of carbonyl (C=O) groups is 1. The van der Waals surface area contributed by atoms with Crippen LogP contribution in [0.1, 0.15) is 20.3 Å². The van der Waals surface area contributed by atoms with Crippen molar-refractivity contribution in [1.82, 2.24) is 4.90 Å². The van der Waals surface area contributed by atoms with Gasteiger partial charge in [0.25, 0.3) is 0 Å². The molecule has 1 saturated heterocycles. The Morgan fingerprint density at radius 2 is 2.11 bits per heavy atom. The van der Waals surface area contributed by atoms with Crippen LogP contribution in [0.2, 0.25) is 0 Å². The van der Waals surface area contributed by atoms with Crippen molar-refractivity contribution in [3.05, 3.63) is 0 Å². The molecule has 0 aliphatic carbocycles. The van der Waals surface area contributed by atoms with Gasteiger partial charge in [-0.2, -0.15) is 0 Å². The first-order chi connectivity index (χ1) is 8.59. The van der Waals surface area contributed by atoms with Crippen LogP contribution >= 0.6 is 0 Å². The van der Waals surface area contributed by atoms with Gasteiger partial charge in [-0.05, 0) is 5.92 Å². The molecule has 0 aromatic heterocycles. The summed E-state index contributed by atoms with van der Waals surface area (Å²) in [6, 6.07) is 0. The molecule has 18 heavy (non-hydrogen) atoms. The molecule has 2 rings (SSSR count). The fourth-order valence-corrected chi connectivity index (χ4v) is 2.46. The Morgan fingerprint density at radius 1 is 1.44 bits per heavy atom. The molecule has 0 radical (unpaired) electrons. The van der Waals surface area contributed by atoms with Gasteiger partial charge in [-0.3, -0.25) is 4.79 Å². The summed E-state index contributed by atoms with van der Waals surface area (Å²) in [4.78, 5) is 18.7. The Hall–Kier alpha value is -1.30. The van der Waals surface area contributed by atoms with E-state index in [2.05, 4.69) is 10.1 Å². The Balaban J connectivity index is 1.95. The predicted molar refractivity (Wildman–Crippen MR) is 65.3 cm³/mol. The third kappa shape index (κ3) is 2.75. The second-order valence-corrected chi connectivity index (χ2v) is 5.06. The number of ether oxygens (including phenoxy) is 1. The summed E-state index contributed by atoms with van der Waals surface area (Å²) in [5.74, 6) is -0.428. The lowest BCUT2D eigenvalue weighted by Crippen LogP contribution is -2.41. The average Bonchev–Trinajstić information content (AvgIpc) is 2.78. The smallest absolute Gasteiger partial charge is 0.310 e. The maximum Gasteiger partial charge on any atom is 0.310 e. The number of hydrogen-bond acceptors (Lipinski definition) is 5. The van der Waals surface area contributed by atoms with E-state index in [1.54, 1.807) is 0 Å². The number of nitrogens with zero attached hydrogens (tertiary/aromatic N) is 2. The highest BCUT2D eigenvalue weighted by atomic mass is 16.6. The van der Waals surface area contributed by atoms with E-state index >= 15 is 0 Å². The second kappa shape index (κ2) is 5.56. The van der Waals surface area contributed by atoms with Crippen LogP contribution in [-0.4, -0.2) is 54.2 Å². The molecular weight excluding hydrogens is 236 g/mol. The minimum Gasteiger partial charge on any atom is -0.481 e. The van der Waals surface area contributed by atoms with E-state index in [4.69, 9.17) is 9.57 Å². The molecule has 102 valence electrons. The Morgan fingerprint density at radius 3 is 2.67 bits per heavy atom. The minimum absolute atomic E-state index is 0.0340. The molecular formula is C12H20N2O4. The van der Waals surface area contributed by atoms with Crippen molar-refractivity contribution in [3.63, 3.8) is 0 Å². The fourth-order valence-electron chi connectivity index (χ4n) is 2.46. The molecule has 2 unspecified atom stereocenters. The van der Waals surface area contributed by atoms with Crippen molar-refractivity contribution in [1.29, 1.82) is 0 Å². The summed E-state index contributed by atoms with van der Waals surface area (Å²) in [5.41, 5.74) is 0. The van der Waals surface area contributed by atoms with Crippen molar-refractivity contribution >= 4 is 11.8 Å². The molecule has 2 heterocycles. The van der Waals surface area contributed by atoms with Gasteiger partial charge in [-0.1, -0.05) is 19.0 Å². The number of hydrogen-bond donors (Lipinski definition) is 1. The topological polar surface area (TPSA) is 71.4 Å². The van der Waals surface area contributed by atoms with E-state index in [-0.39, 0.29) is 12.0 Å². The number of oxime groups is 1. The normalized spacial score (nSPS) is 25.8. The SMILES string of the molecule is CC(C)C(C(=O)O)C1CC(N2CCOCC2)=NO1. The molecule has 6 heteroatoms. The van der Waals surface area contributed by atoms with Crippen LogP contribution in [0.5, 0.6) is 0 Å². The molecule has 1 N–H and O–H groups in total. The number of morpholine rings is 1. The van der Waals surface area contributed by atoms with Crippen molar-refractivity contribution in [2.24, 2.45) is 17.0 Å². The standard InChI is InChI=1S/C12H20N2O4/c1-8(2)11(12(15)16)9-7-10(13-18-9)14-3-5-17-6-4-14/h8-9,11H,3-7H2,1-2H3,(H,15,16). The maximum atomic E-state index is 11.2. The van der Waals surface area contributed by atoms with Crippen molar-refractivity contribution in [2.45, 2.75) is 26.4 Å². The Bertz CT molecular complexity index is 337. The van der Waals surface area contributed by atoms with Gasteiger partial charge in [0.1, 0.15) is 11.9 Å². The highest BCUT2D eigenvalue weighted by Crippen LogP contribution is 2.26. The lowest BCUT2D eigenvalue weighted by atomic mass is 9.88. The molecule has 0 aromatic carbocycles. The van der Waals surface area contributed by atoms with Gasteiger partial charge >= 0.3 is 5.97 Å². The van der Waals surface area contributed by atoms with Crippen LogP contribution in [0.15, 0.2) is 5.16 Å². The molecule has 2 aliphatic rings. The third-order valence-corrected chi connectivity index (χ3v) is 3.46. The lowest BCUT2D eigenvalue weighted by Gasteiger charge is -2.28. The molecule has 1 fully saturated rings. The fraction of sp³-hybridized carbons (Fsp3) is 0.833. The molecule has 0 saturated carbocycles. The number of carboxylic acid groups (broad SMARTS) is 1. The molecule has 0 spiro atoms. The van der Waals surface area contributed by atoms with Gasteiger partial charge in [-0.15, -0.1) is 0 Å². The van der Waals surface area contributed by atoms with Crippen molar-refractivity contribution in [2.75, 3.05) is 26.3 Å². The van der Waals surface area contributed by atoms with Crippen LogP contribution in [0.3, 0.4) is 0 Å². The number of rotatable bonds is 3. The van der Waals surface area contributed by atoms with E-state index in [0.717, 1.165) is 18.9 Å². The van der Waals surface area contributed by atoms with Gasteiger partial charge in [0, 0.05) is 19.5 Å². The Kier molecular flexibility index (Phi) is 4.06. The lowest BCUT2D eigenvalue weighted by molar-refractivity contribution is -0.149. The monoisotopic (exact) mass is 256 g/mol. The van der Waals surface area contributed by atoms with Gasteiger partial charge in [-0.25, -0.2) is 0 Å². The zero-order chi connectivity index (χ0) is 13.1. The van der Waals surface area contributed by atoms with E-state index in [9.17, 15) is 9.90 Å². The van der Waals surface area contributed by atoms with Crippen LogP contribution < -0.4 is 0 Å². The van der Waals surface area contributed by atoms with E-state index in [1.165, 1.54) is 0 Å². The minimum atomic E-state index is -0.812. The average molecular weight is 256 g/mol. The summed E-state index contributed by atoms with van der Waals surface area (Å²) < 4.78 is 5.28. The van der Waals surface area contributed by atoms with E-state index < -0.39 is 11.9 Å². The summed E-state index contributed by atoms with van der Waals surface area (Å²) in [6.45, 7) is 6.78. The van der Waals surface area contributed by atoms with E-state index in [0.29, 0.717) is 19.6 Å². The maximum absolute atomic E-state index is 11.2. The van der Waals surface area contributed by atoms with Gasteiger partial charge < -0.3 is 19.6 Å². The van der Waals surface area contributed by atoms with Crippen LogP contribution in [0.4, 0.5) is 0 Å². The first-order valence-electron chi connectivity index (χ1n) is 6.37. The number of carboxylic acids is 1. The molecule has 6 nitrogen and oxygen atoms in total. The number of amidine groups is 1. The zero-order valence-corrected chi connectivity index (χ0v) is 10.8. The summed E-state index contributed by atoms with van der Waals surface area (Å²) in [6.07, 6.45) is 0.232. The number of aliphatic carboxylic acids is 1. The van der Waals surface area contributed by atoms with Crippen molar-refractivity contribution in [3.8, 4) is 0 Å². The summed E-state index contributed by atoms with van der Waals surface area (Å²) in [7, 11) is 0. The highest BCUT2D eigenvalue weighted by Gasteiger charge is 2.38. The largest absolute Gasteiger partial charge is 0.481 e.